The molecule has 1 fully saturated rings. The van der Waals surface area contributed by atoms with Gasteiger partial charge in [-0.15, -0.1) is 11.3 Å². The largest absolute Gasteiger partial charge is 0.391 e. The molecule has 2 aromatic heterocycles. The zero-order valence-electron chi connectivity index (χ0n) is 12.9. The SMILES string of the molecule is Cc1csc(-c2nc(Cl)cc(NC3CCC(C(F)(F)F)CC3)n2)n1. The van der Waals surface area contributed by atoms with Crippen molar-refractivity contribution in [1.29, 1.82) is 0 Å². The molecule has 2 heterocycles. The molecule has 1 N–H and O–H groups in total. The number of hydrogen-bond donors (Lipinski definition) is 1. The lowest BCUT2D eigenvalue weighted by Gasteiger charge is -2.30. The minimum absolute atomic E-state index is 0.0413. The molecule has 9 heteroatoms. The van der Waals surface area contributed by atoms with Crippen LogP contribution in [0.2, 0.25) is 5.15 Å². The molecule has 24 heavy (non-hydrogen) atoms. The van der Waals surface area contributed by atoms with Crippen molar-refractivity contribution >= 4 is 28.8 Å². The first-order valence-electron chi connectivity index (χ1n) is 7.61. The zero-order valence-corrected chi connectivity index (χ0v) is 14.5. The van der Waals surface area contributed by atoms with Gasteiger partial charge in [0.15, 0.2) is 10.8 Å². The number of hydrogen-bond acceptors (Lipinski definition) is 5. The Kier molecular flexibility index (Phi) is 4.96. The molecule has 0 aliphatic heterocycles. The fraction of sp³-hybridized carbons (Fsp3) is 0.533. The van der Waals surface area contributed by atoms with Crippen molar-refractivity contribution < 1.29 is 13.2 Å². The number of aromatic nitrogens is 3. The first-order valence-corrected chi connectivity index (χ1v) is 8.87. The lowest BCUT2D eigenvalue weighted by atomic mass is 9.85. The molecule has 0 aromatic carbocycles. The molecule has 0 saturated heterocycles. The van der Waals surface area contributed by atoms with Crippen LogP contribution in [-0.2, 0) is 0 Å². The molecule has 1 aliphatic carbocycles. The molecular formula is C15H16ClF3N4S. The van der Waals surface area contributed by atoms with Gasteiger partial charge in [0.05, 0.1) is 5.92 Å². The van der Waals surface area contributed by atoms with Crippen LogP contribution in [0, 0.1) is 12.8 Å². The second kappa shape index (κ2) is 6.84. The second-order valence-electron chi connectivity index (χ2n) is 5.93. The molecule has 2 aromatic rings. The van der Waals surface area contributed by atoms with Gasteiger partial charge in [0.1, 0.15) is 11.0 Å². The highest BCUT2D eigenvalue weighted by molar-refractivity contribution is 7.13. The smallest absolute Gasteiger partial charge is 0.367 e. The normalized spacial score (nSPS) is 21.7. The Labute approximate surface area is 146 Å². The van der Waals surface area contributed by atoms with Crippen LogP contribution in [0.15, 0.2) is 11.4 Å². The van der Waals surface area contributed by atoms with E-state index in [-0.39, 0.29) is 24.0 Å². The van der Waals surface area contributed by atoms with Crippen LogP contribution in [0.4, 0.5) is 19.0 Å². The monoisotopic (exact) mass is 376 g/mol. The third-order valence-corrected chi connectivity index (χ3v) is 5.20. The van der Waals surface area contributed by atoms with Crippen LogP contribution >= 0.6 is 22.9 Å². The molecule has 3 rings (SSSR count). The van der Waals surface area contributed by atoms with Gasteiger partial charge in [-0.25, -0.2) is 15.0 Å². The summed E-state index contributed by atoms with van der Waals surface area (Å²) in [5.74, 6) is -0.251. The van der Waals surface area contributed by atoms with Crippen LogP contribution < -0.4 is 5.32 Å². The number of halogens is 4. The summed E-state index contributed by atoms with van der Waals surface area (Å²) in [5.41, 5.74) is 0.874. The Balaban J connectivity index is 1.69. The average molecular weight is 377 g/mol. The van der Waals surface area contributed by atoms with E-state index in [4.69, 9.17) is 11.6 Å². The Morgan fingerprint density at radius 2 is 1.88 bits per heavy atom. The van der Waals surface area contributed by atoms with E-state index in [9.17, 15) is 13.2 Å². The maximum atomic E-state index is 12.7. The maximum absolute atomic E-state index is 12.7. The third kappa shape index (κ3) is 4.16. The van der Waals surface area contributed by atoms with E-state index in [1.54, 1.807) is 6.07 Å². The summed E-state index contributed by atoms with van der Waals surface area (Å²) in [6, 6.07) is 1.54. The Hall–Kier alpha value is -1.41. The average Bonchev–Trinajstić information content (AvgIpc) is 2.93. The minimum Gasteiger partial charge on any atom is -0.367 e. The fourth-order valence-corrected chi connectivity index (χ4v) is 3.73. The molecule has 0 radical (unpaired) electrons. The number of thiazole rings is 1. The van der Waals surface area contributed by atoms with Gasteiger partial charge >= 0.3 is 6.18 Å². The van der Waals surface area contributed by atoms with Crippen LogP contribution in [0.1, 0.15) is 31.4 Å². The number of nitrogens with zero attached hydrogens (tertiary/aromatic N) is 3. The topological polar surface area (TPSA) is 50.7 Å². The highest BCUT2D eigenvalue weighted by atomic mass is 35.5. The summed E-state index contributed by atoms with van der Waals surface area (Å²) in [5, 5.41) is 6.02. The van der Waals surface area contributed by atoms with E-state index < -0.39 is 12.1 Å². The quantitative estimate of drug-likeness (QED) is 0.757. The van der Waals surface area contributed by atoms with E-state index in [0.29, 0.717) is 29.5 Å². The Morgan fingerprint density at radius 1 is 1.17 bits per heavy atom. The number of rotatable bonds is 3. The van der Waals surface area contributed by atoms with E-state index >= 15 is 0 Å². The van der Waals surface area contributed by atoms with Gasteiger partial charge in [0.25, 0.3) is 0 Å². The summed E-state index contributed by atoms with van der Waals surface area (Å²) < 4.78 is 38.2. The van der Waals surface area contributed by atoms with Crippen LogP contribution in [-0.4, -0.2) is 27.2 Å². The molecule has 130 valence electrons. The lowest BCUT2D eigenvalue weighted by molar-refractivity contribution is -0.182. The lowest BCUT2D eigenvalue weighted by Crippen LogP contribution is -2.33. The molecular weight excluding hydrogens is 361 g/mol. The molecule has 0 unspecified atom stereocenters. The summed E-state index contributed by atoms with van der Waals surface area (Å²) in [7, 11) is 0. The predicted octanol–water partition coefficient (Wildman–Crippen LogP) is 5.09. The molecule has 0 atom stereocenters. The molecule has 0 bridgehead atoms. The number of alkyl halides is 3. The first-order chi connectivity index (χ1) is 11.3. The van der Waals surface area contributed by atoms with Crippen molar-refractivity contribution in [2.24, 2.45) is 5.92 Å². The number of nitrogens with one attached hydrogen (secondary N) is 1. The standard InChI is InChI=1S/C15H16ClF3N4S/c1-8-7-24-14(20-8)13-22-11(16)6-12(23-13)21-10-4-2-9(3-5-10)15(17,18)19/h6-7,9-10H,2-5H2,1H3,(H,21,22,23). The van der Waals surface area contributed by atoms with Crippen LogP contribution in [0.25, 0.3) is 10.8 Å². The summed E-state index contributed by atoms with van der Waals surface area (Å²) in [4.78, 5) is 12.9. The van der Waals surface area contributed by atoms with Crippen molar-refractivity contribution in [2.45, 2.75) is 44.8 Å². The van der Waals surface area contributed by atoms with E-state index in [0.717, 1.165) is 5.69 Å². The highest BCUT2D eigenvalue weighted by Crippen LogP contribution is 2.38. The van der Waals surface area contributed by atoms with Gasteiger partial charge in [0, 0.05) is 23.2 Å². The molecule has 0 spiro atoms. The van der Waals surface area contributed by atoms with Crippen molar-refractivity contribution in [3.63, 3.8) is 0 Å². The van der Waals surface area contributed by atoms with E-state index in [1.807, 2.05) is 12.3 Å². The molecule has 4 nitrogen and oxygen atoms in total. The Bertz CT molecular complexity index is 711. The number of aryl methyl sites for hydroxylation is 1. The fourth-order valence-electron chi connectivity index (χ4n) is 2.82. The van der Waals surface area contributed by atoms with Gasteiger partial charge in [-0.3, -0.25) is 0 Å². The van der Waals surface area contributed by atoms with Crippen molar-refractivity contribution in [1.82, 2.24) is 15.0 Å². The summed E-state index contributed by atoms with van der Waals surface area (Å²) >= 11 is 7.47. The molecule has 1 saturated carbocycles. The maximum Gasteiger partial charge on any atom is 0.391 e. The predicted molar refractivity (Wildman–Crippen MR) is 88.3 cm³/mol. The summed E-state index contributed by atoms with van der Waals surface area (Å²) in [6.07, 6.45) is -2.91. The minimum atomic E-state index is -4.10. The summed E-state index contributed by atoms with van der Waals surface area (Å²) in [6.45, 7) is 1.88. The highest BCUT2D eigenvalue weighted by Gasteiger charge is 2.41. The first kappa shape index (κ1) is 17.4. The van der Waals surface area contributed by atoms with Crippen molar-refractivity contribution in [3.05, 3.63) is 22.3 Å². The third-order valence-electron chi connectivity index (χ3n) is 4.05. The van der Waals surface area contributed by atoms with Crippen molar-refractivity contribution in [3.8, 4) is 10.8 Å². The molecule has 0 amide bonds. The van der Waals surface area contributed by atoms with Gasteiger partial charge in [0.2, 0.25) is 0 Å². The zero-order chi connectivity index (χ0) is 17.3. The van der Waals surface area contributed by atoms with Gasteiger partial charge in [-0.1, -0.05) is 11.6 Å². The van der Waals surface area contributed by atoms with Gasteiger partial charge in [-0.2, -0.15) is 13.2 Å². The molecule has 1 aliphatic rings. The van der Waals surface area contributed by atoms with Gasteiger partial charge in [-0.05, 0) is 32.6 Å². The second-order valence-corrected chi connectivity index (χ2v) is 7.17. The van der Waals surface area contributed by atoms with Gasteiger partial charge < -0.3 is 5.32 Å². The van der Waals surface area contributed by atoms with E-state index in [2.05, 4.69) is 20.3 Å². The van der Waals surface area contributed by atoms with Crippen LogP contribution in [0.3, 0.4) is 0 Å². The number of anilines is 1. The van der Waals surface area contributed by atoms with E-state index in [1.165, 1.54) is 11.3 Å². The van der Waals surface area contributed by atoms with Crippen molar-refractivity contribution in [2.75, 3.05) is 5.32 Å². The Morgan fingerprint density at radius 3 is 2.46 bits per heavy atom. The van der Waals surface area contributed by atoms with Crippen LogP contribution in [0.5, 0.6) is 0 Å².